The third kappa shape index (κ3) is 5.32. The minimum absolute atomic E-state index is 0.0407. The van der Waals surface area contributed by atoms with Crippen molar-refractivity contribution in [1.82, 2.24) is 10.2 Å². The number of carboxylic acid groups (broad SMARTS) is 1. The average molecular weight is 367 g/mol. The molecule has 1 heterocycles. The van der Waals surface area contributed by atoms with Gasteiger partial charge in [0, 0.05) is 19.5 Å². The second-order valence-corrected chi connectivity index (χ2v) is 8.86. The van der Waals surface area contributed by atoms with Gasteiger partial charge in [0.1, 0.15) is 6.04 Å². The Morgan fingerprint density at radius 3 is 2.19 bits per heavy atom. The van der Waals surface area contributed by atoms with Crippen LogP contribution in [0.15, 0.2) is 12.2 Å². The van der Waals surface area contributed by atoms with Crippen molar-refractivity contribution in [3.63, 3.8) is 0 Å². The molecule has 1 aliphatic carbocycles. The van der Waals surface area contributed by atoms with Crippen LogP contribution in [-0.4, -0.2) is 47.4 Å². The number of allylic oxidation sites excluding steroid dienone is 2. The van der Waals surface area contributed by atoms with E-state index in [0.29, 0.717) is 23.7 Å². The highest BCUT2D eigenvalue weighted by atomic mass is 16.3. The van der Waals surface area contributed by atoms with E-state index in [9.17, 15) is 9.59 Å². The van der Waals surface area contributed by atoms with Crippen molar-refractivity contribution in [3.05, 3.63) is 12.2 Å². The zero-order chi connectivity index (χ0) is 20.1. The van der Waals surface area contributed by atoms with Gasteiger partial charge in [-0.1, -0.05) is 46.8 Å². The van der Waals surface area contributed by atoms with Gasteiger partial charge in [0.25, 0.3) is 6.47 Å². The SMILES string of the molecule is C/C=C\CCC(=O)NC(C(=O)N1CC2C(C1)C2(C)C)C(C)(C)C.O=CO. The van der Waals surface area contributed by atoms with Crippen molar-refractivity contribution in [3.8, 4) is 0 Å². The predicted molar refractivity (Wildman–Crippen MR) is 101 cm³/mol. The Kier molecular flexibility index (Phi) is 7.42. The van der Waals surface area contributed by atoms with E-state index in [-0.39, 0.29) is 23.7 Å². The lowest BCUT2D eigenvalue weighted by atomic mass is 9.85. The minimum Gasteiger partial charge on any atom is -0.483 e. The number of carbonyl (C=O) groups excluding carboxylic acids is 2. The standard InChI is InChI=1S/C19H32N2O2.CH2O2/c1-7-8-9-10-15(22)20-16(18(2,3)4)17(23)21-11-13-14(12-21)19(13,5)6;2-1-3/h7-8,13-14,16H,9-12H2,1-6H3,(H,20,22);1H,(H,2,3)/b8-7-;. The Morgan fingerprint density at radius 2 is 1.77 bits per heavy atom. The molecule has 3 unspecified atom stereocenters. The maximum Gasteiger partial charge on any atom is 0.290 e. The molecule has 1 saturated carbocycles. The van der Waals surface area contributed by atoms with Gasteiger partial charge in [-0.25, -0.2) is 0 Å². The van der Waals surface area contributed by atoms with Crippen molar-refractivity contribution in [1.29, 1.82) is 0 Å². The van der Waals surface area contributed by atoms with Crippen molar-refractivity contribution in [2.45, 2.75) is 60.4 Å². The Bertz CT molecular complexity index is 535. The molecule has 0 bridgehead atoms. The number of nitrogens with one attached hydrogen (secondary N) is 1. The summed E-state index contributed by atoms with van der Waals surface area (Å²) in [7, 11) is 0. The lowest BCUT2D eigenvalue weighted by Crippen LogP contribution is -2.54. The highest BCUT2D eigenvalue weighted by Crippen LogP contribution is 2.62. The smallest absolute Gasteiger partial charge is 0.290 e. The Balaban J connectivity index is 0.00000105. The lowest BCUT2D eigenvalue weighted by Gasteiger charge is -2.34. The van der Waals surface area contributed by atoms with E-state index < -0.39 is 6.04 Å². The topological polar surface area (TPSA) is 86.7 Å². The van der Waals surface area contributed by atoms with Crippen LogP contribution in [0.3, 0.4) is 0 Å². The first-order chi connectivity index (χ1) is 12.0. The van der Waals surface area contributed by atoms with E-state index in [2.05, 4.69) is 19.2 Å². The first-order valence-corrected chi connectivity index (χ1v) is 9.27. The van der Waals surface area contributed by atoms with E-state index >= 15 is 0 Å². The van der Waals surface area contributed by atoms with Crippen molar-refractivity contribution < 1.29 is 19.5 Å². The van der Waals surface area contributed by atoms with Gasteiger partial charge in [-0.3, -0.25) is 14.4 Å². The van der Waals surface area contributed by atoms with E-state index in [1.165, 1.54) is 0 Å². The van der Waals surface area contributed by atoms with Gasteiger partial charge < -0.3 is 15.3 Å². The molecule has 148 valence electrons. The third-order valence-electron chi connectivity index (χ3n) is 5.63. The normalized spacial score (nSPS) is 24.3. The molecule has 2 amide bonds. The Hall–Kier alpha value is -1.85. The first-order valence-electron chi connectivity index (χ1n) is 9.27. The summed E-state index contributed by atoms with van der Waals surface area (Å²) in [6.07, 6.45) is 5.07. The summed E-state index contributed by atoms with van der Waals surface area (Å²) in [6.45, 7) is 14.0. The van der Waals surface area contributed by atoms with Crippen LogP contribution in [0.5, 0.6) is 0 Å². The molecule has 0 spiro atoms. The lowest BCUT2D eigenvalue weighted by molar-refractivity contribution is -0.139. The Morgan fingerprint density at radius 1 is 1.27 bits per heavy atom. The molecular weight excluding hydrogens is 332 g/mol. The fourth-order valence-corrected chi connectivity index (χ4v) is 3.76. The molecule has 0 radical (unpaired) electrons. The zero-order valence-corrected chi connectivity index (χ0v) is 16.9. The average Bonchev–Trinajstić information content (AvgIpc) is 2.90. The molecule has 2 fully saturated rings. The maximum absolute atomic E-state index is 12.9. The van der Waals surface area contributed by atoms with Gasteiger partial charge in [-0.05, 0) is 36.0 Å². The molecule has 0 aromatic rings. The highest BCUT2D eigenvalue weighted by Gasteiger charge is 2.63. The number of carbonyl (C=O) groups is 3. The second kappa shape index (κ2) is 8.69. The van der Waals surface area contributed by atoms with Crippen molar-refractivity contribution in [2.75, 3.05) is 13.1 Å². The summed E-state index contributed by atoms with van der Waals surface area (Å²) in [5.74, 6) is 1.32. The number of rotatable bonds is 5. The number of fused-ring (bicyclic) bond motifs is 1. The van der Waals surface area contributed by atoms with Crippen LogP contribution in [0.2, 0.25) is 0 Å². The summed E-state index contributed by atoms with van der Waals surface area (Å²) in [5.41, 5.74) is 0.110. The molecular formula is C20H34N2O4. The minimum atomic E-state index is -0.443. The number of hydrogen-bond donors (Lipinski definition) is 2. The fourth-order valence-electron chi connectivity index (χ4n) is 3.76. The summed E-state index contributed by atoms with van der Waals surface area (Å²) < 4.78 is 0. The fraction of sp³-hybridized carbons (Fsp3) is 0.750. The van der Waals surface area contributed by atoms with Crippen molar-refractivity contribution >= 4 is 18.3 Å². The van der Waals surface area contributed by atoms with Crippen LogP contribution in [-0.2, 0) is 14.4 Å². The number of amides is 2. The number of piperidine rings is 1. The summed E-state index contributed by atoms with van der Waals surface area (Å²) in [4.78, 5) is 35.4. The molecule has 1 aliphatic heterocycles. The third-order valence-corrected chi connectivity index (χ3v) is 5.63. The van der Waals surface area contributed by atoms with E-state index in [0.717, 1.165) is 19.5 Å². The van der Waals surface area contributed by atoms with Gasteiger partial charge in [0.15, 0.2) is 0 Å². The van der Waals surface area contributed by atoms with Crippen LogP contribution in [0.1, 0.15) is 54.4 Å². The molecule has 6 nitrogen and oxygen atoms in total. The number of nitrogens with zero attached hydrogens (tertiary/aromatic N) is 1. The van der Waals surface area contributed by atoms with Crippen LogP contribution >= 0.6 is 0 Å². The monoisotopic (exact) mass is 366 g/mol. The zero-order valence-electron chi connectivity index (χ0n) is 16.9. The molecule has 26 heavy (non-hydrogen) atoms. The predicted octanol–water partition coefficient (Wildman–Crippen LogP) is 2.69. The Labute approximate surface area is 157 Å². The van der Waals surface area contributed by atoms with Gasteiger partial charge in [0.05, 0.1) is 0 Å². The molecule has 1 saturated heterocycles. The van der Waals surface area contributed by atoms with Gasteiger partial charge in [0.2, 0.25) is 11.8 Å². The van der Waals surface area contributed by atoms with Crippen LogP contribution in [0.4, 0.5) is 0 Å². The van der Waals surface area contributed by atoms with Crippen LogP contribution < -0.4 is 5.32 Å². The molecule has 2 N–H and O–H groups in total. The van der Waals surface area contributed by atoms with Gasteiger partial charge in [-0.15, -0.1) is 0 Å². The molecule has 2 rings (SSSR count). The maximum atomic E-state index is 12.9. The second-order valence-electron chi connectivity index (χ2n) is 8.86. The van der Waals surface area contributed by atoms with Crippen LogP contribution in [0, 0.1) is 22.7 Å². The van der Waals surface area contributed by atoms with Gasteiger partial charge >= 0.3 is 0 Å². The molecule has 6 heteroatoms. The van der Waals surface area contributed by atoms with E-state index in [1.54, 1.807) is 0 Å². The number of likely N-dealkylation sites (tertiary alicyclic amines) is 1. The largest absolute Gasteiger partial charge is 0.483 e. The highest BCUT2D eigenvalue weighted by molar-refractivity contribution is 5.88. The summed E-state index contributed by atoms with van der Waals surface area (Å²) >= 11 is 0. The quantitative estimate of drug-likeness (QED) is 0.578. The van der Waals surface area contributed by atoms with Crippen LogP contribution in [0.25, 0.3) is 0 Å². The van der Waals surface area contributed by atoms with Crippen molar-refractivity contribution in [2.24, 2.45) is 22.7 Å². The first kappa shape index (κ1) is 22.2. The van der Waals surface area contributed by atoms with Gasteiger partial charge in [-0.2, -0.15) is 0 Å². The molecule has 0 aromatic heterocycles. The summed E-state index contributed by atoms with van der Waals surface area (Å²) in [6, 6.07) is -0.443. The van der Waals surface area contributed by atoms with E-state index in [1.807, 2.05) is 44.7 Å². The molecule has 0 aromatic carbocycles. The number of hydrogen-bond acceptors (Lipinski definition) is 3. The molecule has 3 atom stereocenters. The molecule has 2 aliphatic rings. The summed E-state index contributed by atoms with van der Waals surface area (Å²) in [5, 5.41) is 9.87. The van der Waals surface area contributed by atoms with E-state index in [4.69, 9.17) is 9.90 Å².